The Labute approximate surface area is 106 Å². The molecule has 17 heavy (non-hydrogen) atoms. The van der Waals surface area contributed by atoms with Crippen LogP contribution in [0.25, 0.3) is 0 Å². The maximum atomic E-state index is 5.51. The van der Waals surface area contributed by atoms with Crippen molar-refractivity contribution >= 4 is 11.8 Å². The van der Waals surface area contributed by atoms with Gasteiger partial charge in [-0.2, -0.15) is 0 Å². The van der Waals surface area contributed by atoms with Crippen LogP contribution in [-0.2, 0) is 6.54 Å². The van der Waals surface area contributed by atoms with Crippen LogP contribution in [0.1, 0.15) is 11.1 Å². The molecule has 0 saturated carbocycles. The summed E-state index contributed by atoms with van der Waals surface area (Å²) in [5, 5.41) is 1.04. The van der Waals surface area contributed by atoms with Crippen LogP contribution in [0.5, 0.6) is 0 Å². The molecular formula is C13H17N3S. The zero-order chi connectivity index (χ0) is 12.1. The summed E-state index contributed by atoms with van der Waals surface area (Å²) in [5.41, 5.74) is 8.10. The molecule has 0 spiro atoms. The third-order valence-corrected chi connectivity index (χ3v) is 3.50. The summed E-state index contributed by atoms with van der Waals surface area (Å²) in [6.45, 7) is 3.66. The molecule has 0 radical (unpaired) electrons. The fourth-order valence-electron chi connectivity index (χ4n) is 1.71. The molecular weight excluding hydrogens is 230 g/mol. The van der Waals surface area contributed by atoms with E-state index in [-0.39, 0.29) is 0 Å². The molecule has 2 aromatic rings. The van der Waals surface area contributed by atoms with E-state index < -0.39 is 0 Å². The summed E-state index contributed by atoms with van der Waals surface area (Å²) in [5.74, 6) is 0.908. The normalized spacial score (nSPS) is 10.7. The van der Waals surface area contributed by atoms with Gasteiger partial charge in [0.2, 0.25) is 0 Å². The molecule has 0 bridgehead atoms. The molecule has 0 aliphatic heterocycles. The van der Waals surface area contributed by atoms with Crippen molar-refractivity contribution in [2.75, 3.05) is 12.3 Å². The first kappa shape index (κ1) is 12.2. The lowest BCUT2D eigenvalue weighted by molar-refractivity contribution is 0.708. The van der Waals surface area contributed by atoms with Crippen molar-refractivity contribution in [2.45, 2.75) is 18.6 Å². The van der Waals surface area contributed by atoms with Crippen molar-refractivity contribution in [1.29, 1.82) is 0 Å². The van der Waals surface area contributed by atoms with Crippen LogP contribution in [-0.4, -0.2) is 21.8 Å². The standard InChI is InChI=1S/C13H17N3S/c1-11-3-2-4-12(9-11)10-16-7-6-15-13(16)17-8-5-14/h2-4,6-7,9H,5,8,10,14H2,1H3. The molecule has 3 nitrogen and oxygen atoms in total. The number of thioether (sulfide) groups is 1. The first-order valence-corrected chi connectivity index (χ1v) is 6.67. The Bertz CT molecular complexity index is 479. The summed E-state index contributed by atoms with van der Waals surface area (Å²) in [4.78, 5) is 4.34. The van der Waals surface area contributed by atoms with Gasteiger partial charge in [-0.3, -0.25) is 0 Å². The fraction of sp³-hybridized carbons (Fsp3) is 0.308. The van der Waals surface area contributed by atoms with Crippen molar-refractivity contribution in [2.24, 2.45) is 5.73 Å². The predicted octanol–water partition coefficient (Wildman–Crippen LogP) is 2.29. The van der Waals surface area contributed by atoms with Gasteiger partial charge in [0.25, 0.3) is 0 Å². The third kappa shape index (κ3) is 3.35. The summed E-state index contributed by atoms with van der Waals surface area (Å²) in [6.07, 6.45) is 3.86. The number of nitrogens with two attached hydrogens (primary N) is 1. The molecule has 0 saturated heterocycles. The number of imidazole rings is 1. The Morgan fingerprint density at radius 1 is 1.41 bits per heavy atom. The van der Waals surface area contributed by atoms with Gasteiger partial charge >= 0.3 is 0 Å². The van der Waals surface area contributed by atoms with E-state index in [1.165, 1.54) is 11.1 Å². The average Bonchev–Trinajstić information content (AvgIpc) is 2.74. The number of rotatable bonds is 5. The van der Waals surface area contributed by atoms with Crippen LogP contribution < -0.4 is 5.73 Å². The topological polar surface area (TPSA) is 43.8 Å². The highest BCUT2D eigenvalue weighted by Crippen LogP contribution is 2.16. The van der Waals surface area contributed by atoms with Crippen LogP contribution in [0.15, 0.2) is 41.8 Å². The van der Waals surface area contributed by atoms with Crippen LogP contribution in [0, 0.1) is 6.92 Å². The van der Waals surface area contributed by atoms with Crippen LogP contribution in [0.4, 0.5) is 0 Å². The third-order valence-electron chi connectivity index (χ3n) is 2.46. The largest absolute Gasteiger partial charge is 0.330 e. The van der Waals surface area contributed by atoms with E-state index in [9.17, 15) is 0 Å². The van der Waals surface area contributed by atoms with E-state index in [0.717, 1.165) is 17.5 Å². The van der Waals surface area contributed by atoms with Crippen LogP contribution in [0.2, 0.25) is 0 Å². The molecule has 1 aromatic carbocycles. The minimum absolute atomic E-state index is 0.683. The molecule has 0 amide bonds. The van der Waals surface area contributed by atoms with Crippen LogP contribution >= 0.6 is 11.8 Å². The van der Waals surface area contributed by atoms with E-state index in [0.29, 0.717) is 6.54 Å². The monoisotopic (exact) mass is 247 g/mol. The van der Waals surface area contributed by atoms with Crippen molar-refractivity contribution < 1.29 is 0 Å². The van der Waals surface area contributed by atoms with E-state index in [1.54, 1.807) is 11.8 Å². The smallest absolute Gasteiger partial charge is 0.168 e. The zero-order valence-electron chi connectivity index (χ0n) is 9.97. The quantitative estimate of drug-likeness (QED) is 0.824. The van der Waals surface area contributed by atoms with E-state index in [4.69, 9.17) is 5.73 Å². The van der Waals surface area contributed by atoms with Gasteiger partial charge in [0.1, 0.15) is 0 Å². The summed E-state index contributed by atoms with van der Waals surface area (Å²) < 4.78 is 2.16. The first-order valence-electron chi connectivity index (χ1n) is 5.69. The van der Waals surface area contributed by atoms with Gasteiger partial charge in [0.15, 0.2) is 5.16 Å². The van der Waals surface area contributed by atoms with E-state index in [1.807, 2.05) is 12.4 Å². The van der Waals surface area contributed by atoms with Gasteiger partial charge in [0.05, 0.1) is 0 Å². The Kier molecular flexibility index (Phi) is 4.23. The fourth-order valence-corrected chi connectivity index (χ4v) is 2.44. The van der Waals surface area contributed by atoms with Gasteiger partial charge in [-0.05, 0) is 12.5 Å². The number of hydrogen-bond acceptors (Lipinski definition) is 3. The van der Waals surface area contributed by atoms with E-state index >= 15 is 0 Å². The maximum absolute atomic E-state index is 5.51. The molecule has 2 N–H and O–H groups in total. The van der Waals surface area contributed by atoms with Gasteiger partial charge in [-0.1, -0.05) is 41.6 Å². The first-order chi connectivity index (χ1) is 8.29. The molecule has 0 aliphatic rings. The lowest BCUT2D eigenvalue weighted by Gasteiger charge is -2.07. The minimum atomic E-state index is 0.683. The maximum Gasteiger partial charge on any atom is 0.168 e. The van der Waals surface area contributed by atoms with Gasteiger partial charge in [-0.25, -0.2) is 4.98 Å². The summed E-state index contributed by atoms with van der Waals surface area (Å²) >= 11 is 1.70. The Morgan fingerprint density at radius 3 is 3.06 bits per heavy atom. The molecule has 90 valence electrons. The van der Waals surface area contributed by atoms with E-state index in [2.05, 4.69) is 40.7 Å². The SMILES string of the molecule is Cc1cccc(Cn2ccnc2SCCN)c1. The number of aromatic nitrogens is 2. The lowest BCUT2D eigenvalue weighted by atomic mass is 10.1. The number of benzene rings is 1. The molecule has 2 rings (SSSR count). The molecule has 4 heteroatoms. The van der Waals surface area contributed by atoms with Gasteiger partial charge < -0.3 is 10.3 Å². The van der Waals surface area contributed by atoms with Crippen molar-refractivity contribution in [3.63, 3.8) is 0 Å². The second kappa shape index (κ2) is 5.89. The molecule has 0 unspecified atom stereocenters. The summed E-state index contributed by atoms with van der Waals surface area (Å²) in [6, 6.07) is 8.55. The van der Waals surface area contributed by atoms with Gasteiger partial charge in [0, 0.05) is 31.2 Å². The van der Waals surface area contributed by atoms with Gasteiger partial charge in [-0.15, -0.1) is 0 Å². The number of aryl methyl sites for hydroxylation is 1. The Balaban J connectivity index is 2.10. The number of hydrogen-bond donors (Lipinski definition) is 1. The van der Waals surface area contributed by atoms with Crippen molar-refractivity contribution in [1.82, 2.24) is 9.55 Å². The molecule has 0 fully saturated rings. The molecule has 1 aromatic heterocycles. The second-order valence-electron chi connectivity index (χ2n) is 3.96. The lowest BCUT2D eigenvalue weighted by Crippen LogP contribution is -2.04. The second-order valence-corrected chi connectivity index (χ2v) is 5.03. The van der Waals surface area contributed by atoms with Crippen molar-refractivity contribution in [3.8, 4) is 0 Å². The zero-order valence-corrected chi connectivity index (χ0v) is 10.8. The van der Waals surface area contributed by atoms with Crippen molar-refractivity contribution in [3.05, 3.63) is 47.8 Å². The summed E-state index contributed by atoms with van der Waals surface area (Å²) in [7, 11) is 0. The number of nitrogens with zero attached hydrogens (tertiary/aromatic N) is 2. The highest BCUT2D eigenvalue weighted by atomic mass is 32.2. The minimum Gasteiger partial charge on any atom is -0.330 e. The Morgan fingerprint density at radius 2 is 2.29 bits per heavy atom. The predicted molar refractivity (Wildman–Crippen MR) is 72.3 cm³/mol. The highest BCUT2D eigenvalue weighted by molar-refractivity contribution is 7.99. The van der Waals surface area contributed by atoms with Crippen LogP contribution in [0.3, 0.4) is 0 Å². The molecule has 1 heterocycles. The average molecular weight is 247 g/mol. The highest BCUT2D eigenvalue weighted by Gasteiger charge is 2.03. The molecule has 0 aliphatic carbocycles. The molecule has 0 atom stereocenters. The Hall–Kier alpha value is -1.26.